The number of nitrogens with two attached hydrogens (primary N) is 1. The number of hydrogen-bond acceptors (Lipinski definition) is 7. The molecule has 1 aromatic heterocycles. The number of anilines is 1. The highest BCUT2D eigenvalue weighted by Crippen LogP contribution is 2.32. The van der Waals surface area contributed by atoms with Crippen LogP contribution in [-0.4, -0.2) is 31.5 Å². The number of ether oxygens (including phenoxy) is 2. The van der Waals surface area contributed by atoms with Crippen molar-refractivity contribution in [2.45, 2.75) is 13.5 Å². The number of hydrogen-bond donors (Lipinski definition) is 2. The molecule has 27 heavy (non-hydrogen) atoms. The number of rotatable bonds is 7. The van der Waals surface area contributed by atoms with Gasteiger partial charge in [0.1, 0.15) is 22.0 Å². The first kappa shape index (κ1) is 20.2. The number of carbonyl (C=O) groups excluding carboxylic acids is 3. The Balaban J connectivity index is 2.20. The largest absolute Gasteiger partial charge is 0.462 e. The van der Waals surface area contributed by atoms with Crippen molar-refractivity contribution >= 4 is 40.3 Å². The number of nitrogen functional groups attached to an aromatic ring is 1. The van der Waals surface area contributed by atoms with E-state index in [1.165, 1.54) is 13.1 Å². The fourth-order valence-electron chi connectivity index (χ4n) is 2.27. The van der Waals surface area contributed by atoms with Gasteiger partial charge in [0.2, 0.25) is 0 Å². The van der Waals surface area contributed by atoms with E-state index in [2.05, 4.69) is 5.32 Å². The van der Waals surface area contributed by atoms with E-state index in [1.54, 1.807) is 13.0 Å². The third-order valence-electron chi connectivity index (χ3n) is 3.52. The van der Waals surface area contributed by atoms with Crippen LogP contribution in [0, 0.1) is 0 Å². The van der Waals surface area contributed by atoms with Crippen LogP contribution in [0.25, 0.3) is 6.08 Å². The first-order valence-electron chi connectivity index (χ1n) is 8.18. The molecule has 3 N–H and O–H groups in total. The van der Waals surface area contributed by atoms with E-state index in [0.29, 0.717) is 0 Å². The molecule has 0 aliphatic rings. The maximum Gasteiger partial charge on any atom is 0.341 e. The molecular formula is C19H20N2O5S. The SMILES string of the molecule is CCOC(=O)c1c(N)sc(C(=O)NC)c1COC(=O)/C=C/c1ccccc1. The number of benzene rings is 1. The van der Waals surface area contributed by atoms with Crippen molar-refractivity contribution in [3.8, 4) is 0 Å². The Bertz CT molecular complexity index is 858. The maximum atomic E-state index is 12.2. The second kappa shape index (κ2) is 9.54. The monoisotopic (exact) mass is 388 g/mol. The standard InChI is InChI=1S/C19H20N2O5S/c1-3-25-19(24)15-13(16(18(23)21-2)27-17(15)20)11-26-14(22)10-9-12-7-5-4-6-8-12/h4-10H,3,11,20H2,1-2H3,(H,21,23)/b10-9+. The summed E-state index contributed by atoms with van der Waals surface area (Å²) in [4.78, 5) is 36.5. The number of esters is 2. The van der Waals surface area contributed by atoms with Crippen molar-refractivity contribution in [3.63, 3.8) is 0 Å². The molecule has 1 amide bonds. The summed E-state index contributed by atoms with van der Waals surface area (Å²) in [5.41, 5.74) is 7.02. The van der Waals surface area contributed by atoms with E-state index in [4.69, 9.17) is 15.2 Å². The minimum Gasteiger partial charge on any atom is -0.462 e. The molecule has 0 radical (unpaired) electrons. The number of carbonyl (C=O) groups is 3. The first-order valence-corrected chi connectivity index (χ1v) is 8.99. The molecule has 8 heteroatoms. The van der Waals surface area contributed by atoms with Crippen LogP contribution in [0.1, 0.15) is 38.1 Å². The summed E-state index contributed by atoms with van der Waals surface area (Å²) >= 11 is 0.945. The molecule has 0 unspecified atom stereocenters. The third-order valence-corrected chi connectivity index (χ3v) is 4.58. The summed E-state index contributed by atoms with van der Waals surface area (Å²) in [6, 6.07) is 9.24. The Morgan fingerprint density at radius 3 is 2.52 bits per heavy atom. The van der Waals surface area contributed by atoms with Gasteiger partial charge in [-0.05, 0) is 18.6 Å². The van der Waals surface area contributed by atoms with Crippen molar-refractivity contribution in [1.82, 2.24) is 5.32 Å². The Kier molecular flexibility index (Phi) is 7.13. The van der Waals surface area contributed by atoms with E-state index >= 15 is 0 Å². The van der Waals surface area contributed by atoms with Crippen molar-refractivity contribution < 1.29 is 23.9 Å². The van der Waals surface area contributed by atoms with Gasteiger partial charge in [-0.15, -0.1) is 11.3 Å². The molecule has 0 atom stereocenters. The fraction of sp³-hybridized carbons (Fsp3) is 0.211. The molecule has 2 rings (SSSR count). The zero-order valence-corrected chi connectivity index (χ0v) is 15.8. The van der Waals surface area contributed by atoms with Crippen LogP contribution in [0.5, 0.6) is 0 Å². The van der Waals surface area contributed by atoms with Gasteiger partial charge in [0, 0.05) is 18.7 Å². The lowest BCUT2D eigenvalue weighted by molar-refractivity contribution is -0.138. The summed E-state index contributed by atoms with van der Waals surface area (Å²) in [5.74, 6) is -1.69. The van der Waals surface area contributed by atoms with E-state index in [1.807, 2.05) is 30.3 Å². The highest BCUT2D eigenvalue weighted by molar-refractivity contribution is 7.18. The van der Waals surface area contributed by atoms with E-state index in [9.17, 15) is 14.4 Å². The topological polar surface area (TPSA) is 108 Å². The molecule has 0 spiro atoms. The molecule has 7 nitrogen and oxygen atoms in total. The quantitative estimate of drug-likeness (QED) is 0.558. The predicted molar refractivity (Wildman–Crippen MR) is 103 cm³/mol. The summed E-state index contributed by atoms with van der Waals surface area (Å²) < 4.78 is 10.2. The van der Waals surface area contributed by atoms with Crippen molar-refractivity contribution in [3.05, 3.63) is 58.0 Å². The molecule has 1 aromatic carbocycles. The molecule has 0 saturated heterocycles. The number of thiophene rings is 1. The lowest BCUT2D eigenvalue weighted by atomic mass is 10.1. The van der Waals surface area contributed by atoms with Gasteiger partial charge < -0.3 is 20.5 Å². The Labute approximate surface area is 160 Å². The highest BCUT2D eigenvalue weighted by atomic mass is 32.1. The molecule has 0 aliphatic carbocycles. The van der Waals surface area contributed by atoms with Gasteiger partial charge in [0.25, 0.3) is 5.91 Å². The van der Waals surface area contributed by atoms with Crippen molar-refractivity contribution in [2.24, 2.45) is 0 Å². The normalized spacial score (nSPS) is 10.6. The van der Waals surface area contributed by atoms with Crippen molar-refractivity contribution in [2.75, 3.05) is 19.4 Å². The molecule has 0 bridgehead atoms. The van der Waals surface area contributed by atoms with Gasteiger partial charge in [0.05, 0.1) is 6.61 Å². The summed E-state index contributed by atoms with van der Waals surface area (Å²) in [6.45, 7) is 1.54. The molecule has 142 valence electrons. The smallest absolute Gasteiger partial charge is 0.341 e. The van der Waals surface area contributed by atoms with Gasteiger partial charge in [0.15, 0.2) is 0 Å². The average Bonchev–Trinajstić information content (AvgIpc) is 3.01. The highest BCUT2D eigenvalue weighted by Gasteiger charge is 2.27. The number of nitrogens with one attached hydrogen (secondary N) is 1. The summed E-state index contributed by atoms with van der Waals surface area (Å²) in [7, 11) is 1.46. The predicted octanol–water partition coefficient (Wildman–Crippen LogP) is 2.62. The molecular weight excluding hydrogens is 368 g/mol. The van der Waals surface area contributed by atoms with Crippen LogP contribution in [0.3, 0.4) is 0 Å². The lowest BCUT2D eigenvalue weighted by Gasteiger charge is -2.07. The zero-order valence-electron chi connectivity index (χ0n) is 15.0. The summed E-state index contributed by atoms with van der Waals surface area (Å²) in [6.07, 6.45) is 2.88. The molecule has 0 fully saturated rings. The fourth-order valence-corrected chi connectivity index (χ4v) is 3.27. The van der Waals surface area contributed by atoms with Gasteiger partial charge in [-0.2, -0.15) is 0 Å². The van der Waals surface area contributed by atoms with Crippen molar-refractivity contribution in [1.29, 1.82) is 0 Å². The van der Waals surface area contributed by atoms with Crippen LogP contribution in [0.4, 0.5) is 5.00 Å². The van der Waals surface area contributed by atoms with Crippen LogP contribution < -0.4 is 11.1 Å². The zero-order chi connectivity index (χ0) is 19.8. The van der Waals surface area contributed by atoms with E-state index < -0.39 is 17.8 Å². The van der Waals surface area contributed by atoms with Crippen LogP contribution in [0.15, 0.2) is 36.4 Å². The van der Waals surface area contributed by atoms with Crippen LogP contribution in [0.2, 0.25) is 0 Å². The maximum absolute atomic E-state index is 12.2. The molecule has 1 heterocycles. The Morgan fingerprint density at radius 2 is 1.89 bits per heavy atom. The third kappa shape index (κ3) is 5.18. The van der Waals surface area contributed by atoms with E-state index in [-0.39, 0.29) is 34.2 Å². The first-order chi connectivity index (χ1) is 13.0. The second-order valence-corrected chi connectivity index (χ2v) is 6.35. The van der Waals surface area contributed by atoms with Gasteiger partial charge in [-0.1, -0.05) is 30.3 Å². The molecule has 2 aromatic rings. The average molecular weight is 388 g/mol. The Hall–Kier alpha value is -3.13. The van der Waals surface area contributed by atoms with Gasteiger partial charge in [-0.25, -0.2) is 9.59 Å². The lowest BCUT2D eigenvalue weighted by Crippen LogP contribution is -2.19. The number of amides is 1. The Morgan fingerprint density at radius 1 is 1.19 bits per heavy atom. The van der Waals surface area contributed by atoms with Crippen LogP contribution in [-0.2, 0) is 20.9 Å². The molecule has 0 saturated carbocycles. The summed E-state index contributed by atoms with van der Waals surface area (Å²) in [5, 5.41) is 2.61. The second-order valence-electron chi connectivity index (χ2n) is 5.30. The van der Waals surface area contributed by atoms with Gasteiger partial charge in [-0.3, -0.25) is 4.79 Å². The molecule has 0 aliphatic heterocycles. The van der Waals surface area contributed by atoms with Crippen LogP contribution >= 0.6 is 11.3 Å². The van der Waals surface area contributed by atoms with Gasteiger partial charge >= 0.3 is 11.9 Å². The minimum atomic E-state index is -0.660. The van der Waals surface area contributed by atoms with E-state index in [0.717, 1.165) is 16.9 Å². The minimum absolute atomic E-state index is 0.0558.